The monoisotopic (exact) mass is 372 g/mol. The summed E-state index contributed by atoms with van der Waals surface area (Å²) in [6.07, 6.45) is 0. The summed E-state index contributed by atoms with van der Waals surface area (Å²) in [6, 6.07) is 20.3. The molecule has 0 saturated carbocycles. The highest BCUT2D eigenvalue weighted by Gasteiger charge is 2.13. The number of fused-ring (bicyclic) bond motifs is 4. The normalized spacial score (nSPS) is 11.3. The van der Waals surface area contributed by atoms with Gasteiger partial charge in [0.2, 0.25) is 0 Å². The summed E-state index contributed by atoms with van der Waals surface area (Å²) >= 11 is 6.13. The molecule has 0 unspecified atom stereocenters. The molecule has 0 spiro atoms. The number of carbonyl (C=O) groups is 1. The van der Waals surface area contributed by atoms with Crippen LogP contribution in [0.15, 0.2) is 66.7 Å². The van der Waals surface area contributed by atoms with Gasteiger partial charge in [-0.15, -0.1) is 0 Å². The number of rotatable bonds is 2. The number of nitrogens with zero attached hydrogens (tertiary/aromatic N) is 2. The molecule has 27 heavy (non-hydrogen) atoms. The molecular weight excluding hydrogens is 360 g/mol. The third-order valence-electron chi connectivity index (χ3n) is 4.48. The van der Waals surface area contributed by atoms with Gasteiger partial charge in [-0.05, 0) is 42.5 Å². The van der Waals surface area contributed by atoms with Crippen molar-refractivity contribution in [2.45, 2.75) is 0 Å². The Labute approximate surface area is 159 Å². The molecule has 130 valence electrons. The molecule has 5 nitrogen and oxygen atoms in total. The summed E-state index contributed by atoms with van der Waals surface area (Å²) in [5.74, 6) is -0.229. The van der Waals surface area contributed by atoms with E-state index < -0.39 is 0 Å². The predicted molar refractivity (Wildman–Crippen MR) is 108 cm³/mol. The summed E-state index contributed by atoms with van der Waals surface area (Å²) in [4.78, 5) is 25.3. The van der Waals surface area contributed by atoms with Crippen LogP contribution in [0.1, 0.15) is 10.4 Å². The van der Waals surface area contributed by atoms with Crippen LogP contribution in [0.5, 0.6) is 0 Å². The number of hydrogen-bond acceptors (Lipinski definition) is 3. The highest BCUT2D eigenvalue weighted by molar-refractivity contribution is 6.34. The van der Waals surface area contributed by atoms with Crippen molar-refractivity contribution in [1.29, 1.82) is 0 Å². The van der Waals surface area contributed by atoms with Crippen molar-refractivity contribution in [3.8, 4) is 0 Å². The minimum absolute atomic E-state index is 0.229. The molecule has 0 aliphatic carbocycles. The lowest BCUT2D eigenvalue weighted by Crippen LogP contribution is -2.11. The Morgan fingerprint density at radius 1 is 0.926 bits per heavy atom. The van der Waals surface area contributed by atoms with Gasteiger partial charge in [0.1, 0.15) is 5.52 Å². The lowest BCUT2D eigenvalue weighted by Gasteiger charge is -2.07. The summed E-state index contributed by atoms with van der Waals surface area (Å²) in [5, 5.41) is 4.20. The molecule has 0 aliphatic rings. The quantitative estimate of drug-likeness (QED) is 0.449. The SMILES string of the molecule is O=C(Nc1ccccc1Cl)c1ccc2[nH]c3nc4ccccc4nc3c2c1. The van der Waals surface area contributed by atoms with Crippen molar-refractivity contribution < 1.29 is 4.79 Å². The highest BCUT2D eigenvalue weighted by atomic mass is 35.5. The number of anilines is 1. The Bertz CT molecular complexity index is 1340. The Morgan fingerprint density at radius 2 is 1.67 bits per heavy atom. The fourth-order valence-electron chi connectivity index (χ4n) is 3.15. The maximum atomic E-state index is 12.7. The van der Waals surface area contributed by atoms with Gasteiger partial charge in [0.05, 0.1) is 21.7 Å². The van der Waals surface area contributed by atoms with Crippen LogP contribution in [0.25, 0.3) is 33.1 Å². The molecule has 0 saturated heterocycles. The number of halogens is 1. The number of para-hydroxylation sites is 3. The van der Waals surface area contributed by atoms with Crippen molar-refractivity contribution in [3.05, 3.63) is 77.3 Å². The molecule has 2 N–H and O–H groups in total. The van der Waals surface area contributed by atoms with Gasteiger partial charge >= 0.3 is 0 Å². The summed E-state index contributed by atoms with van der Waals surface area (Å²) in [6.45, 7) is 0. The minimum Gasteiger partial charge on any atom is -0.338 e. The molecule has 5 rings (SSSR count). The van der Waals surface area contributed by atoms with Crippen LogP contribution in [-0.4, -0.2) is 20.9 Å². The van der Waals surface area contributed by atoms with E-state index in [1.807, 2.05) is 48.5 Å². The van der Waals surface area contributed by atoms with E-state index in [-0.39, 0.29) is 5.91 Å². The third-order valence-corrected chi connectivity index (χ3v) is 4.81. The fraction of sp³-hybridized carbons (Fsp3) is 0. The zero-order chi connectivity index (χ0) is 18.4. The molecule has 2 aromatic heterocycles. The predicted octanol–water partition coefficient (Wildman–Crippen LogP) is 5.17. The Hall–Kier alpha value is -3.44. The van der Waals surface area contributed by atoms with E-state index >= 15 is 0 Å². The van der Waals surface area contributed by atoms with E-state index in [0.717, 1.165) is 27.5 Å². The first-order valence-electron chi connectivity index (χ1n) is 8.43. The van der Waals surface area contributed by atoms with Crippen molar-refractivity contribution in [1.82, 2.24) is 15.0 Å². The molecule has 6 heteroatoms. The molecule has 3 aromatic carbocycles. The molecule has 0 radical (unpaired) electrons. The average Bonchev–Trinajstić information content (AvgIpc) is 3.04. The van der Waals surface area contributed by atoms with E-state index in [1.165, 1.54) is 0 Å². The van der Waals surface area contributed by atoms with Crippen LogP contribution in [0.3, 0.4) is 0 Å². The number of H-pyrrole nitrogens is 1. The minimum atomic E-state index is -0.229. The maximum Gasteiger partial charge on any atom is 0.255 e. The second-order valence-electron chi connectivity index (χ2n) is 6.23. The number of nitrogens with one attached hydrogen (secondary N) is 2. The first-order valence-corrected chi connectivity index (χ1v) is 8.81. The van der Waals surface area contributed by atoms with Gasteiger partial charge in [-0.2, -0.15) is 0 Å². The molecule has 2 heterocycles. The van der Waals surface area contributed by atoms with Gasteiger partial charge < -0.3 is 10.3 Å². The third kappa shape index (κ3) is 2.69. The molecule has 0 atom stereocenters. The Kier molecular flexibility index (Phi) is 3.55. The van der Waals surface area contributed by atoms with Crippen LogP contribution in [0, 0.1) is 0 Å². The number of hydrogen-bond donors (Lipinski definition) is 2. The number of benzene rings is 3. The van der Waals surface area contributed by atoms with Crippen molar-refractivity contribution in [3.63, 3.8) is 0 Å². The molecule has 1 amide bonds. The van der Waals surface area contributed by atoms with Gasteiger partial charge in [-0.25, -0.2) is 9.97 Å². The van der Waals surface area contributed by atoms with Crippen LogP contribution in [-0.2, 0) is 0 Å². The van der Waals surface area contributed by atoms with Crippen LogP contribution >= 0.6 is 11.6 Å². The first kappa shape index (κ1) is 15.8. The average molecular weight is 373 g/mol. The van der Waals surface area contributed by atoms with E-state index in [0.29, 0.717) is 21.9 Å². The first-order chi connectivity index (χ1) is 13.2. The lowest BCUT2D eigenvalue weighted by atomic mass is 10.1. The van der Waals surface area contributed by atoms with Gasteiger partial charge in [0.15, 0.2) is 5.65 Å². The van der Waals surface area contributed by atoms with E-state index in [2.05, 4.69) is 15.3 Å². The second-order valence-corrected chi connectivity index (χ2v) is 6.64. The Morgan fingerprint density at radius 3 is 2.48 bits per heavy atom. The highest BCUT2D eigenvalue weighted by Crippen LogP contribution is 2.27. The fourth-order valence-corrected chi connectivity index (χ4v) is 3.33. The molecule has 0 aliphatic heterocycles. The van der Waals surface area contributed by atoms with E-state index in [9.17, 15) is 4.79 Å². The topological polar surface area (TPSA) is 70.7 Å². The van der Waals surface area contributed by atoms with Crippen molar-refractivity contribution >= 4 is 56.3 Å². The Balaban J connectivity index is 1.61. The van der Waals surface area contributed by atoms with Gasteiger partial charge in [0, 0.05) is 16.5 Å². The number of aromatic amines is 1. The molecule has 0 fully saturated rings. The van der Waals surface area contributed by atoms with E-state index in [4.69, 9.17) is 16.6 Å². The van der Waals surface area contributed by atoms with Gasteiger partial charge in [-0.1, -0.05) is 35.9 Å². The molecule has 5 aromatic rings. The summed E-state index contributed by atoms with van der Waals surface area (Å²) in [5.41, 5.74) is 5.08. The van der Waals surface area contributed by atoms with Crippen LogP contribution in [0.4, 0.5) is 5.69 Å². The smallest absolute Gasteiger partial charge is 0.255 e. The van der Waals surface area contributed by atoms with Crippen LogP contribution < -0.4 is 5.32 Å². The van der Waals surface area contributed by atoms with Gasteiger partial charge in [0.25, 0.3) is 5.91 Å². The largest absolute Gasteiger partial charge is 0.338 e. The number of aromatic nitrogens is 3. The summed E-state index contributed by atoms with van der Waals surface area (Å²) in [7, 11) is 0. The number of carbonyl (C=O) groups excluding carboxylic acids is 1. The van der Waals surface area contributed by atoms with Crippen molar-refractivity contribution in [2.24, 2.45) is 0 Å². The van der Waals surface area contributed by atoms with Crippen LogP contribution in [0.2, 0.25) is 5.02 Å². The van der Waals surface area contributed by atoms with Gasteiger partial charge in [-0.3, -0.25) is 4.79 Å². The second kappa shape index (κ2) is 6.07. The zero-order valence-corrected chi connectivity index (χ0v) is 14.8. The summed E-state index contributed by atoms with van der Waals surface area (Å²) < 4.78 is 0. The zero-order valence-electron chi connectivity index (χ0n) is 14.0. The maximum absolute atomic E-state index is 12.7. The molecular formula is C21H13ClN4O. The van der Waals surface area contributed by atoms with E-state index in [1.54, 1.807) is 18.2 Å². The lowest BCUT2D eigenvalue weighted by molar-refractivity contribution is 0.102. The molecule has 0 bridgehead atoms. The standard InChI is InChI=1S/C21H13ClN4O/c22-14-5-1-2-6-16(14)26-21(27)12-9-10-15-13(11-12)19-20(24-15)25-18-8-4-3-7-17(18)23-19/h1-11H,(H,24,25)(H,26,27). The number of amides is 1. The van der Waals surface area contributed by atoms with Crippen molar-refractivity contribution in [2.75, 3.05) is 5.32 Å².